The van der Waals surface area contributed by atoms with Gasteiger partial charge < -0.3 is 23.3 Å². The summed E-state index contributed by atoms with van der Waals surface area (Å²) >= 11 is 0. The average Bonchev–Trinajstić information content (AvgIpc) is 1.62. The molecule has 115 heavy (non-hydrogen) atoms. The molecule has 1 aromatic heterocycles. The molecule has 33 heteroatoms. The number of hydrogen-bond acceptors (Lipinski definition) is 6. The quantitative estimate of drug-likeness (QED) is 0.0651. The first-order chi connectivity index (χ1) is 53.5. The Kier molecular flexibility index (Phi) is 26.7. The van der Waals surface area contributed by atoms with Gasteiger partial charge in [-0.15, -0.1) is 0 Å². The van der Waals surface area contributed by atoms with Gasteiger partial charge in [0.2, 0.25) is 0 Å². The fraction of sp³-hybridized carbons (Fsp3) is 0.232. The maximum atomic E-state index is 14.2. The minimum atomic E-state index is -6.13. The number of hydrogen-bond donors (Lipinski definition) is 0. The number of benzene rings is 9. The van der Waals surface area contributed by atoms with Crippen molar-refractivity contribution >= 4 is 47.8 Å². The Morgan fingerprint density at radius 3 is 0.896 bits per heavy atom. The van der Waals surface area contributed by atoms with Gasteiger partial charge in [-0.25, -0.2) is 4.98 Å². The standard InChI is InChI=1S/C42H38N3O3P.C32H12BF24.C8H12.Ir/c1-46-36-24-20-34(21-25-36)44-41(32-14-8-4-9-15-32)42(33-16-10-5-11-17-33)45(35-22-26-37(47-2)27-23-35)49(44)48-39-29-19-31-18-28-38(43-40(31)39)30-12-6-3-7-13-30;34-25(35,36)13-1-14(26(37,38)39)6-21(5-13)33(22-7-15(27(40,41)42)2-16(8-22)28(43,44)45,23-9-17(29(46,47)48)3-18(10-23)30(49,50)51)24-11-19(31(52,53)54)4-20(12-24)32(55,56)57;1-2-4-6-8-7-5-3-1;/h3-18,20-28,39,41-42H,19,29H2,1-2H3;1-12H;1-2,7-8H,3-6H2;/q;-1;;/t39-,41-,42-;;;/m1.../s1. The van der Waals surface area contributed by atoms with Crippen LogP contribution < -0.4 is 40.7 Å². The Balaban J connectivity index is 0.000000221. The predicted octanol–water partition coefficient (Wildman–Crippen LogP) is 24.1. The van der Waals surface area contributed by atoms with Crippen LogP contribution in [0.25, 0.3) is 11.3 Å². The van der Waals surface area contributed by atoms with Crippen LogP contribution in [0.1, 0.15) is 117 Å². The molecule has 1 saturated carbocycles. The molecule has 5 radical (unpaired) electrons. The third-order valence-corrected chi connectivity index (χ3v) is 21.3. The van der Waals surface area contributed by atoms with E-state index in [2.05, 4.69) is 156 Å². The molecule has 6 nitrogen and oxygen atoms in total. The number of halogens is 24. The first-order valence-corrected chi connectivity index (χ1v) is 35.8. The van der Waals surface area contributed by atoms with Gasteiger partial charge in [0.25, 0.3) is 8.45 Å². The molecule has 3 atom stereocenters. The van der Waals surface area contributed by atoms with Crippen molar-refractivity contribution in [3.05, 3.63) is 317 Å². The largest absolute Gasteiger partial charge is 0.497 e. The van der Waals surface area contributed by atoms with Crippen molar-refractivity contribution in [3.8, 4) is 22.8 Å². The molecule has 3 aliphatic rings. The van der Waals surface area contributed by atoms with Gasteiger partial charge in [-0.2, -0.15) is 127 Å². The number of aromatic nitrogens is 1. The minimum Gasteiger partial charge on any atom is -0.497 e. The van der Waals surface area contributed by atoms with Crippen molar-refractivity contribution in [1.29, 1.82) is 0 Å². The molecular weight excluding hydrogens is 1760 g/mol. The maximum Gasteiger partial charge on any atom is 0.416 e. The summed E-state index contributed by atoms with van der Waals surface area (Å²) in [6.07, 6.45) is -39.2. The summed E-state index contributed by atoms with van der Waals surface area (Å²) in [6, 6.07) is 44.2. The number of fused-ring (bicyclic) bond motifs is 1. The van der Waals surface area contributed by atoms with Crippen LogP contribution in [0.15, 0.2) is 224 Å². The third kappa shape index (κ3) is 20.4. The van der Waals surface area contributed by atoms with Gasteiger partial charge in [-0.05, 0) is 160 Å². The van der Waals surface area contributed by atoms with Crippen molar-refractivity contribution in [1.82, 2.24) is 4.98 Å². The number of anilines is 2. The Morgan fingerprint density at radius 2 is 0.626 bits per heavy atom. The summed E-state index contributed by atoms with van der Waals surface area (Å²) < 4.78 is 365. The second-order valence-electron chi connectivity index (χ2n) is 26.6. The summed E-state index contributed by atoms with van der Waals surface area (Å²) in [5.41, 5.74) is -21.3. The molecule has 609 valence electrons. The van der Waals surface area contributed by atoms with Crippen LogP contribution in [0.5, 0.6) is 11.5 Å². The molecular formula is C82H62BF24IrN3O3P-. The molecule has 13 rings (SSSR count). The van der Waals surface area contributed by atoms with Crippen LogP contribution in [0.4, 0.5) is 117 Å². The van der Waals surface area contributed by atoms with Gasteiger partial charge in [0.1, 0.15) is 23.7 Å². The van der Waals surface area contributed by atoms with E-state index in [-0.39, 0.29) is 38.3 Å². The fourth-order valence-electron chi connectivity index (χ4n) is 14.0. The molecule has 0 unspecified atom stereocenters. The van der Waals surface area contributed by atoms with Gasteiger partial charge in [-0.1, -0.05) is 146 Å². The molecule has 1 saturated heterocycles. The van der Waals surface area contributed by atoms with Crippen molar-refractivity contribution in [2.45, 2.75) is 106 Å². The van der Waals surface area contributed by atoms with Crippen LogP contribution in [0.3, 0.4) is 0 Å². The summed E-state index contributed by atoms with van der Waals surface area (Å²) in [4.78, 5) is 5.26. The molecule has 0 amide bonds. The summed E-state index contributed by atoms with van der Waals surface area (Å²) in [6.45, 7) is 0. The van der Waals surface area contributed by atoms with E-state index in [1.54, 1.807) is 14.2 Å². The van der Waals surface area contributed by atoms with Gasteiger partial charge in [0, 0.05) is 37.0 Å². The first-order valence-electron chi connectivity index (χ1n) is 34.6. The van der Waals surface area contributed by atoms with E-state index in [4.69, 9.17) is 19.0 Å². The normalized spacial score (nSPS) is 16.8. The molecule has 0 bridgehead atoms. The monoisotopic (exact) mass is 1830 g/mol. The molecule has 2 fully saturated rings. The van der Waals surface area contributed by atoms with Gasteiger partial charge in [0.15, 0.2) is 0 Å². The molecule has 2 aliphatic carbocycles. The summed E-state index contributed by atoms with van der Waals surface area (Å²) in [5.74, 6) is 1.64. The fourth-order valence-corrected chi connectivity index (χ4v) is 16.4. The Hall–Kier alpha value is -9.25. The molecule has 0 N–H and O–H groups in total. The Labute approximate surface area is 658 Å². The van der Waals surface area contributed by atoms with Gasteiger partial charge in [0.05, 0.1) is 82.2 Å². The van der Waals surface area contributed by atoms with E-state index in [1.807, 2.05) is 30.3 Å². The second kappa shape index (κ2) is 34.9. The van der Waals surface area contributed by atoms with Gasteiger partial charge >= 0.3 is 49.4 Å². The molecule has 1 aliphatic heterocycles. The topological polar surface area (TPSA) is 47.1 Å². The number of methoxy groups -OCH3 is 2. The SMILES string of the molecule is COc1ccc(N2[C@H](c3ccccc3)[C@@H](c3ccccc3)N(c3ccc(OC)cc3)P2O[C@@H]2CCc3ccc(-c4ccccc4)nc32)cc1.FC(F)(F)c1cc([B-](c2cc(C(F)(F)F)cc(C(F)(F)F)c2)(c2cc(C(F)(F)F)cc(C(F)(F)F)c2)c2cc(C(F)(F)F)cc(C(F)(F)F)c2)cc(C(F)(F)F)c1.[CH]1[CH]CC[CH][CH]CC1.[Ir]. The molecule has 9 aromatic carbocycles. The minimum absolute atomic E-state index is 0. The van der Waals surface area contributed by atoms with Crippen molar-refractivity contribution in [3.63, 3.8) is 0 Å². The summed E-state index contributed by atoms with van der Waals surface area (Å²) in [5, 5.41) is 0. The zero-order chi connectivity index (χ0) is 82.7. The van der Waals surface area contributed by atoms with E-state index < -0.39 is 203 Å². The molecule has 10 aromatic rings. The smallest absolute Gasteiger partial charge is 0.416 e. The number of rotatable bonds is 13. The number of alkyl halides is 24. The first kappa shape index (κ1) is 88.1. The number of nitrogens with zero attached hydrogens (tertiary/aromatic N) is 3. The van der Waals surface area contributed by atoms with Crippen LogP contribution in [-0.4, -0.2) is 25.3 Å². The van der Waals surface area contributed by atoms with E-state index in [1.165, 1.54) is 42.4 Å². The van der Waals surface area contributed by atoms with Crippen molar-refractivity contribution in [2.75, 3.05) is 23.6 Å². The van der Waals surface area contributed by atoms with Crippen molar-refractivity contribution in [2.24, 2.45) is 0 Å². The third-order valence-electron chi connectivity index (χ3n) is 19.2. The van der Waals surface area contributed by atoms with Crippen LogP contribution in [-0.2, 0) is 80.5 Å². The predicted molar refractivity (Wildman–Crippen MR) is 384 cm³/mol. The zero-order valence-electron chi connectivity index (χ0n) is 59.6. The molecule has 2 heterocycles. The maximum absolute atomic E-state index is 14.2. The van der Waals surface area contributed by atoms with E-state index >= 15 is 0 Å². The van der Waals surface area contributed by atoms with Crippen LogP contribution in [0, 0.1) is 25.7 Å². The number of ether oxygens (including phenoxy) is 2. The summed E-state index contributed by atoms with van der Waals surface area (Å²) in [7, 11) is 1.98. The Morgan fingerprint density at radius 1 is 0.348 bits per heavy atom. The zero-order valence-corrected chi connectivity index (χ0v) is 62.9. The van der Waals surface area contributed by atoms with Crippen LogP contribution in [0.2, 0.25) is 0 Å². The van der Waals surface area contributed by atoms with Crippen LogP contribution >= 0.6 is 8.45 Å². The average molecular weight is 1830 g/mol. The van der Waals surface area contributed by atoms with E-state index in [0.29, 0.717) is 0 Å². The van der Waals surface area contributed by atoms with Gasteiger partial charge in [-0.3, -0.25) is 0 Å². The van der Waals surface area contributed by atoms with E-state index in [0.717, 1.165) is 52.7 Å². The number of aryl methyl sites for hydroxylation is 1. The van der Waals surface area contributed by atoms with Crippen molar-refractivity contribution < 1.29 is 139 Å². The van der Waals surface area contributed by atoms with E-state index in [9.17, 15) is 105 Å². The number of pyridine rings is 1. The molecule has 0 spiro atoms. The second-order valence-corrected chi connectivity index (χ2v) is 28.2. The Bertz CT molecular complexity index is 4370.